The van der Waals surface area contributed by atoms with E-state index in [4.69, 9.17) is 4.74 Å². The number of nitrogens with zero attached hydrogens (tertiary/aromatic N) is 2. The van der Waals surface area contributed by atoms with Crippen molar-refractivity contribution >= 4 is 32.6 Å². The number of amides is 1. The second-order valence-corrected chi connectivity index (χ2v) is 6.00. The summed E-state index contributed by atoms with van der Waals surface area (Å²) < 4.78 is 32.8. The number of aromatic nitrogens is 1. The van der Waals surface area contributed by atoms with Crippen LogP contribution in [0.25, 0.3) is 10.2 Å². The van der Waals surface area contributed by atoms with Gasteiger partial charge < -0.3 is 4.74 Å². The molecule has 0 bridgehead atoms. The van der Waals surface area contributed by atoms with E-state index >= 15 is 0 Å². The highest BCUT2D eigenvalue weighted by molar-refractivity contribution is 7.22. The van der Waals surface area contributed by atoms with E-state index < -0.39 is 11.6 Å². The third-order valence-corrected chi connectivity index (χ3v) is 4.45. The van der Waals surface area contributed by atoms with Crippen molar-refractivity contribution in [2.75, 3.05) is 18.1 Å². The van der Waals surface area contributed by atoms with Gasteiger partial charge in [-0.25, -0.2) is 13.8 Å². The average molecular weight is 312 g/mol. The lowest BCUT2D eigenvalue weighted by Crippen LogP contribution is -2.35. The van der Waals surface area contributed by atoms with Crippen LogP contribution in [-0.4, -0.2) is 30.1 Å². The van der Waals surface area contributed by atoms with Crippen molar-refractivity contribution in [2.24, 2.45) is 0 Å². The van der Waals surface area contributed by atoms with Crippen LogP contribution in [0.2, 0.25) is 0 Å². The van der Waals surface area contributed by atoms with Crippen molar-refractivity contribution < 1.29 is 18.3 Å². The van der Waals surface area contributed by atoms with Gasteiger partial charge in [0, 0.05) is 19.6 Å². The van der Waals surface area contributed by atoms with Gasteiger partial charge in [-0.05, 0) is 18.9 Å². The van der Waals surface area contributed by atoms with Crippen LogP contribution in [0.1, 0.15) is 19.8 Å². The Bertz CT molecular complexity index is 683. The van der Waals surface area contributed by atoms with Gasteiger partial charge in [0.2, 0.25) is 5.91 Å². The Morgan fingerprint density at radius 3 is 3.00 bits per heavy atom. The molecule has 3 rings (SSSR count). The molecule has 1 fully saturated rings. The van der Waals surface area contributed by atoms with Gasteiger partial charge in [-0.15, -0.1) is 0 Å². The van der Waals surface area contributed by atoms with E-state index in [1.54, 1.807) is 0 Å². The van der Waals surface area contributed by atoms with Crippen molar-refractivity contribution in [1.82, 2.24) is 4.98 Å². The molecule has 1 atom stereocenters. The third-order valence-electron chi connectivity index (χ3n) is 3.42. The number of carbonyl (C=O) groups excluding carboxylic acids is 1. The van der Waals surface area contributed by atoms with Gasteiger partial charge in [0.25, 0.3) is 0 Å². The van der Waals surface area contributed by atoms with Gasteiger partial charge in [-0.3, -0.25) is 9.69 Å². The molecule has 2 aromatic rings. The maximum atomic E-state index is 13.7. The summed E-state index contributed by atoms with van der Waals surface area (Å²) in [7, 11) is 0. The number of rotatable bonds is 3. The Hall–Kier alpha value is -1.60. The van der Waals surface area contributed by atoms with Crippen molar-refractivity contribution in [3.8, 4) is 0 Å². The van der Waals surface area contributed by atoms with Crippen LogP contribution < -0.4 is 4.90 Å². The van der Waals surface area contributed by atoms with E-state index in [2.05, 4.69) is 4.98 Å². The number of hydrogen-bond acceptors (Lipinski definition) is 4. The van der Waals surface area contributed by atoms with E-state index in [1.807, 2.05) is 0 Å². The lowest BCUT2D eigenvalue weighted by Gasteiger charge is -2.21. The van der Waals surface area contributed by atoms with Crippen LogP contribution in [0.3, 0.4) is 0 Å². The van der Waals surface area contributed by atoms with Gasteiger partial charge >= 0.3 is 0 Å². The molecule has 0 spiro atoms. The van der Waals surface area contributed by atoms with Crippen molar-refractivity contribution in [2.45, 2.75) is 25.9 Å². The number of ether oxygens (including phenoxy) is 1. The number of halogens is 2. The molecule has 1 saturated heterocycles. The van der Waals surface area contributed by atoms with Crippen LogP contribution in [-0.2, 0) is 9.53 Å². The smallest absolute Gasteiger partial charge is 0.225 e. The minimum Gasteiger partial charge on any atom is -0.376 e. The number of hydrogen-bond donors (Lipinski definition) is 0. The normalized spacial score (nSPS) is 18.3. The Labute approximate surface area is 124 Å². The molecular formula is C14H14F2N2O2S. The molecule has 0 radical (unpaired) electrons. The summed E-state index contributed by atoms with van der Waals surface area (Å²) in [5.41, 5.74) is 0.0926. The minimum atomic E-state index is -0.715. The van der Waals surface area contributed by atoms with Crippen LogP contribution in [0, 0.1) is 11.6 Å². The average Bonchev–Trinajstić information content (AvgIpc) is 3.03. The summed E-state index contributed by atoms with van der Waals surface area (Å²) in [5.74, 6) is -1.55. The zero-order valence-electron chi connectivity index (χ0n) is 11.4. The monoisotopic (exact) mass is 312 g/mol. The van der Waals surface area contributed by atoms with E-state index in [9.17, 15) is 13.6 Å². The highest BCUT2D eigenvalue weighted by Gasteiger charge is 2.24. The molecule has 0 aliphatic carbocycles. The van der Waals surface area contributed by atoms with Crippen LogP contribution in [0.15, 0.2) is 12.1 Å². The number of benzene rings is 1. The Morgan fingerprint density at radius 1 is 1.52 bits per heavy atom. The molecule has 0 N–H and O–H groups in total. The molecule has 1 aliphatic heterocycles. The number of thiazole rings is 1. The zero-order chi connectivity index (χ0) is 15.0. The molecule has 0 saturated carbocycles. The van der Waals surface area contributed by atoms with E-state index in [-0.39, 0.29) is 17.5 Å². The fourth-order valence-electron chi connectivity index (χ4n) is 2.39. The van der Waals surface area contributed by atoms with E-state index in [1.165, 1.54) is 17.9 Å². The van der Waals surface area contributed by atoms with E-state index in [0.717, 1.165) is 30.2 Å². The molecule has 112 valence electrons. The van der Waals surface area contributed by atoms with Crippen molar-refractivity contribution in [3.63, 3.8) is 0 Å². The fraction of sp³-hybridized carbons (Fsp3) is 0.429. The number of fused-ring (bicyclic) bond motifs is 1. The van der Waals surface area contributed by atoms with Crippen molar-refractivity contribution in [1.29, 1.82) is 0 Å². The maximum absolute atomic E-state index is 13.7. The standard InChI is InChI=1S/C14H14F2N2O2S/c1-8(19)18(7-10-3-2-4-20-10)14-17-13-11(16)5-9(15)6-12(13)21-14/h5-6,10H,2-4,7H2,1H3. The zero-order valence-corrected chi connectivity index (χ0v) is 12.3. The highest BCUT2D eigenvalue weighted by atomic mass is 32.1. The summed E-state index contributed by atoms with van der Waals surface area (Å²) in [5, 5.41) is 0.373. The first-order valence-corrected chi connectivity index (χ1v) is 7.51. The minimum absolute atomic E-state index is 0.0255. The van der Waals surface area contributed by atoms with Crippen LogP contribution >= 0.6 is 11.3 Å². The molecule has 1 aliphatic rings. The Morgan fingerprint density at radius 2 is 2.33 bits per heavy atom. The molecule has 1 aromatic carbocycles. The van der Waals surface area contributed by atoms with Gasteiger partial charge in [-0.2, -0.15) is 0 Å². The molecular weight excluding hydrogens is 298 g/mol. The Kier molecular flexibility index (Phi) is 3.86. The molecule has 4 nitrogen and oxygen atoms in total. The lowest BCUT2D eigenvalue weighted by molar-refractivity contribution is -0.116. The maximum Gasteiger partial charge on any atom is 0.225 e. The van der Waals surface area contributed by atoms with Gasteiger partial charge in [0.05, 0.1) is 17.3 Å². The van der Waals surface area contributed by atoms with Crippen molar-refractivity contribution in [3.05, 3.63) is 23.8 Å². The Balaban J connectivity index is 1.95. The van der Waals surface area contributed by atoms with E-state index in [0.29, 0.717) is 23.0 Å². The molecule has 21 heavy (non-hydrogen) atoms. The molecule has 7 heteroatoms. The first kappa shape index (κ1) is 14.3. The number of anilines is 1. The second kappa shape index (κ2) is 5.65. The summed E-state index contributed by atoms with van der Waals surface area (Å²) in [4.78, 5) is 17.4. The fourth-order valence-corrected chi connectivity index (χ4v) is 3.45. The first-order valence-electron chi connectivity index (χ1n) is 6.70. The number of carbonyl (C=O) groups is 1. The summed E-state index contributed by atoms with van der Waals surface area (Å²) in [6, 6.07) is 2.02. The predicted molar refractivity (Wildman–Crippen MR) is 76.5 cm³/mol. The van der Waals surface area contributed by atoms with Crippen LogP contribution in [0.4, 0.5) is 13.9 Å². The van der Waals surface area contributed by atoms with Crippen LogP contribution in [0.5, 0.6) is 0 Å². The molecule has 2 heterocycles. The van der Waals surface area contributed by atoms with Gasteiger partial charge in [0.15, 0.2) is 10.9 Å². The van der Waals surface area contributed by atoms with Gasteiger partial charge in [-0.1, -0.05) is 11.3 Å². The summed E-state index contributed by atoms with van der Waals surface area (Å²) >= 11 is 1.10. The largest absolute Gasteiger partial charge is 0.376 e. The first-order chi connectivity index (χ1) is 10.0. The lowest BCUT2D eigenvalue weighted by atomic mass is 10.2. The molecule has 1 unspecified atom stereocenters. The summed E-state index contributed by atoms with van der Waals surface area (Å²) in [6.07, 6.45) is 1.83. The third kappa shape index (κ3) is 2.89. The predicted octanol–water partition coefficient (Wildman–Crippen LogP) is 3.11. The topological polar surface area (TPSA) is 42.4 Å². The molecule has 1 amide bonds. The molecule has 1 aromatic heterocycles. The second-order valence-electron chi connectivity index (χ2n) is 5.00. The summed E-state index contributed by atoms with van der Waals surface area (Å²) in [6.45, 7) is 2.51. The SMILES string of the molecule is CC(=O)N(CC1CCCO1)c1nc2c(F)cc(F)cc2s1. The van der Waals surface area contributed by atoms with Gasteiger partial charge in [0.1, 0.15) is 11.3 Å². The highest BCUT2D eigenvalue weighted by Crippen LogP contribution is 2.32. The quantitative estimate of drug-likeness (QED) is 0.874.